The summed E-state index contributed by atoms with van der Waals surface area (Å²) in [6, 6.07) is 0. The fourth-order valence-corrected chi connectivity index (χ4v) is 1.55. The van der Waals surface area contributed by atoms with Gasteiger partial charge in [-0.25, -0.2) is 4.98 Å². The summed E-state index contributed by atoms with van der Waals surface area (Å²) in [6.07, 6.45) is 4.23. The monoisotopic (exact) mass is 297 g/mol. The van der Waals surface area contributed by atoms with Gasteiger partial charge in [-0.1, -0.05) is 20.3 Å². The van der Waals surface area contributed by atoms with Gasteiger partial charge in [-0.2, -0.15) is 4.98 Å². The van der Waals surface area contributed by atoms with Gasteiger partial charge in [0.25, 0.3) is 0 Å². The third kappa shape index (κ3) is 6.35. The molecule has 0 aliphatic rings. The van der Waals surface area contributed by atoms with Crippen LogP contribution in [-0.4, -0.2) is 41.2 Å². The third-order valence-electron chi connectivity index (χ3n) is 2.68. The molecule has 0 unspecified atom stereocenters. The Hall–Kier alpha value is -1.96. The van der Waals surface area contributed by atoms with Gasteiger partial charge in [0.15, 0.2) is 0 Å². The third-order valence-corrected chi connectivity index (χ3v) is 2.68. The predicted molar refractivity (Wildman–Crippen MR) is 81.7 cm³/mol. The first-order chi connectivity index (χ1) is 10.2. The second kappa shape index (κ2) is 9.87. The highest BCUT2D eigenvalue weighted by atomic mass is 16.6. The van der Waals surface area contributed by atoms with Crippen LogP contribution in [0, 0.1) is 10.1 Å². The molecule has 21 heavy (non-hydrogen) atoms. The van der Waals surface area contributed by atoms with E-state index in [-0.39, 0.29) is 11.5 Å². The van der Waals surface area contributed by atoms with Crippen LogP contribution in [0.1, 0.15) is 33.1 Å². The zero-order valence-corrected chi connectivity index (χ0v) is 12.6. The Morgan fingerprint density at radius 2 is 2.05 bits per heavy atom. The van der Waals surface area contributed by atoms with Crippen molar-refractivity contribution in [3.05, 3.63) is 16.3 Å². The SMILES string of the molecule is CCCCOCCNc1nc(NCCC)ncc1[N+](=O)[O-]. The van der Waals surface area contributed by atoms with Crippen molar-refractivity contribution in [1.29, 1.82) is 0 Å². The molecule has 0 fully saturated rings. The van der Waals surface area contributed by atoms with E-state index in [1.54, 1.807) is 0 Å². The average Bonchev–Trinajstić information content (AvgIpc) is 2.48. The molecule has 0 radical (unpaired) electrons. The summed E-state index contributed by atoms with van der Waals surface area (Å²) in [5.74, 6) is 0.601. The number of ether oxygens (including phenoxy) is 1. The molecule has 1 aromatic heterocycles. The molecule has 0 bridgehead atoms. The smallest absolute Gasteiger partial charge is 0.329 e. The van der Waals surface area contributed by atoms with Gasteiger partial charge in [-0.3, -0.25) is 10.1 Å². The van der Waals surface area contributed by atoms with Gasteiger partial charge < -0.3 is 15.4 Å². The summed E-state index contributed by atoms with van der Waals surface area (Å²) in [5.41, 5.74) is -0.134. The van der Waals surface area contributed by atoms with Crippen LogP contribution >= 0.6 is 0 Å². The lowest BCUT2D eigenvalue weighted by molar-refractivity contribution is -0.384. The van der Waals surface area contributed by atoms with Crippen LogP contribution in [0.25, 0.3) is 0 Å². The standard InChI is InChI=1S/C13H23N5O3/c1-3-5-8-21-9-7-14-12-11(18(19)20)10-16-13(17-12)15-6-4-2/h10H,3-9H2,1-2H3,(H2,14,15,16,17). The number of anilines is 2. The molecule has 0 aliphatic heterocycles. The molecule has 0 spiro atoms. The number of nitro groups is 1. The Morgan fingerprint density at radius 1 is 1.24 bits per heavy atom. The minimum Gasteiger partial charge on any atom is -0.380 e. The van der Waals surface area contributed by atoms with E-state index in [0.717, 1.165) is 25.8 Å². The normalized spacial score (nSPS) is 10.4. The Kier molecular flexibility index (Phi) is 8.03. The molecule has 1 rings (SSSR count). The largest absolute Gasteiger partial charge is 0.380 e. The maximum absolute atomic E-state index is 11.0. The van der Waals surface area contributed by atoms with E-state index in [2.05, 4.69) is 27.5 Å². The highest BCUT2D eigenvalue weighted by Gasteiger charge is 2.16. The zero-order valence-electron chi connectivity index (χ0n) is 12.6. The van der Waals surface area contributed by atoms with Crippen LogP contribution in [0.2, 0.25) is 0 Å². The molecule has 118 valence electrons. The lowest BCUT2D eigenvalue weighted by Gasteiger charge is -2.09. The molecule has 0 aliphatic carbocycles. The van der Waals surface area contributed by atoms with Gasteiger partial charge in [0.05, 0.1) is 11.5 Å². The Labute approximate surface area is 124 Å². The number of hydrogen-bond donors (Lipinski definition) is 2. The van der Waals surface area contributed by atoms with Crippen molar-refractivity contribution in [3.63, 3.8) is 0 Å². The maximum atomic E-state index is 11.0. The van der Waals surface area contributed by atoms with Gasteiger partial charge in [0.2, 0.25) is 11.8 Å². The molecular formula is C13H23N5O3. The van der Waals surface area contributed by atoms with Gasteiger partial charge in [-0.05, 0) is 12.8 Å². The van der Waals surface area contributed by atoms with Gasteiger partial charge in [-0.15, -0.1) is 0 Å². The second-order valence-electron chi connectivity index (χ2n) is 4.50. The maximum Gasteiger partial charge on any atom is 0.329 e. The predicted octanol–water partition coefficient (Wildman–Crippen LogP) is 2.44. The average molecular weight is 297 g/mol. The van der Waals surface area contributed by atoms with E-state index in [1.807, 2.05) is 6.92 Å². The van der Waals surface area contributed by atoms with Gasteiger partial charge in [0, 0.05) is 19.7 Å². The highest BCUT2D eigenvalue weighted by Crippen LogP contribution is 2.21. The molecule has 0 saturated heterocycles. The number of aromatic nitrogens is 2. The van der Waals surface area contributed by atoms with Crippen LogP contribution < -0.4 is 10.6 Å². The van der Waals surface area contributed by atoms with Crippen molar-refractivity contribution in [1.82, 2.24) is 9.97 Å². The first-order valence-electron chi connectivity index (χ1n) is 7.26. The van der Waals surface area contributed by atoms with Crippen molar-refractivity contribution in [3.8, 4) is 0 Å². The number of rotatable bonds is 11. The quantitative estimate of drug-likeness (QED) is 0.367. The second-order valence-corrected chi connectivity index (χ2v) is 4.50. The van der Waals surface area contributed by atoms with Crippen LogP contribution in [0.15, 0.2) is 6.20 Å². The number of hydrogen-bond acceptors (Lipinski definition) is 7. The Balaban J connectivity index is 2.57. The summed E-state index contributed by atoms with van der Waals surface area (Å²) in [5, 5.41) is 16.9. The lowest BCUT2D eigenvalue weighted by Crippen LogP contribution is -2.14. The minimum absolute atomic E-state index is 0.134. The molecule has 8 nitrogen and oxygen atoms in total. The van der Waals surface area contributed by atoms with Crippen molar-refractivity contribution in [2.24, 2.45) is 0 Å². The van der Waals surface area contributed by atoms with E-state index < -0.39 is 4.92 Å². The fourth-order valence-electron chi connectivity index (χ4n) is 1.55. The topological polar surface area (TPSA) is 102 Å². The summed E-state index contributed by atoms with van der Waals surface area (Å²) in [7, 11) is 0. The van der Waals surface area contributed by atoms with Crippen LogP contribution in [0.5, 0.6) is 0 Å². The van der Waals surface area contributed by atoms with Crippen molar-refractivity contribution in [2.75, 3.05) is 36.9 Å². The zero-order chi connectivity index (χ0) is 15.5. The van der Waals surface area contributed by atoms with Crippen LogP contribution in [0.3, 0.4) is 0 Å². The van der Waals surface area contributed by atoms with E-state index in [0.29, 0.717) is 25.7 Å². The molecule has 0 amide bonds. The Bertz CT molecular complexity index is 442. The van der Waals surface area contributed by atoms with E-state index >= 15 is 0 Å². The number of nitrogens with zero attached hydrogens (tertiary/aromatic N) is 3. The first kappa shape index (κ1) is 17.1. The fraction of sp³-hybridized carbons (Fsp3) is 0.692. The molecular weight excluding hydrogens is 274 g/mol. The molecule has 8 heteroatoms. The molecule has 2 N–H and O–H groups in total. The first-order valence-corrected chi connectivity index (χ1v) is 7.26. The van der Waals surface area contributed by atoms with Crippen LogP contribution in [0.4, 0.5) is 17.5 Å². The van der Waals surface area contributed by atoms with Crippen molar-refractivity contribution >= 4 is 17.5 Å². The summed E-state index contributed by atoms with van der Waals surface area (Å²) >= 11 is 0. The molecule has 0 atom stereocenters. The molecule has 0 aromatic carbocycles. The summed E-state index contributed by atoms with van der Waals surface area (Å²) in [4.78, 5) is 18.5. The minimum atomic E-state index is -0.496. The van der Waals surface area contributed by atoms with E-state index in [9.17, 15) is 10.1 Å². The van der Waals surface area contributed by atoms with Gasteiger partial charge in [0.1, 0.15) is 6.20 Å². The number of nitrogens with one attached hydrogen (secondary N) is 2. The van der Waals surface area contributed by atoms with Crippen molar-refractivity contribution < 1.29 is 9.66 Å². The highest BCUT2D eigenvalue weighted by molar-refractivity contribution is 5.56. The number of unbranched alkanes of at least 4 members (excludes halogenated alkanes) is 1. The molecule has 1 aromatic rings. The van der Waals surface area contributed by atoms with Crippen molar-refractivity contribution in [2.45, 2.75) is 33.1 Å². The molecule has 0 saturated carbocycles. The Morgan fingerprint density at radius 3 is 2.71 bits per heavy atom. The van der Waals surface area contributed by atoms with Gasteiger partial charge >= 0.3 is 5.69 Å². The van der Waals surface area contributed by atoms with Crippen LogP contribution in [-0.2, 0) is 4.74 Å². The summed E-state index contributed by atoms with van der Waals surface area (Å²) in [6.45, 7) is 6.49. The lowest BCUT2D eigenvalue weighted by atomic mass is 10.4. The van der Waals surface area contributed by atoms with E-state index in [4.69, 9.17) is 4.74 Å². The molecule has 1 heterocycles. The van der Waals surface area contributed by atoms with E-state index in [1.165, 1.54) is 6.20 Å². The summed E-state index contributed by atoms with van der Waals surface area (Å²) < 4.78 is 5.40.